The first kappa shape index (κ1) is 13.1. The van der Waals surface area contributed by atoms with Crippen molar-refractivity contribution < 1.29 is 19.4 Å². The molecule has 1 aromatic carbocycles. The number of carbonyl (C=O) groups excluding carboxylic acids is 1. The average Bonchev–Trinajstić information content (AvgIpc) is 2.26. The van der Waals surface area contributed by atoms with Crippen molar-refractivity contribution in [1.29, 1.82) is 0 Å². The van der Waals surface area contributed by atoms with Crippen LogP contribution in [0.25, 0.3) is 0 Å². The van der Waals surface area contributed by atoms with Gasteiger partial charge in [0.05, 0.1) is 13.5 Å². The van der Waals surface area contributed by atoms with Gasteiger partial charge in [-0.25, -0.2) is 4.79 Å². The van der Waals surface area contributed by atoms with Crippen LogP contribution in [-0.2, 0) is 20.7 Å². The zero-order valence-corrected chi connectivity index (χ0v) is 9.75. The third-order valence-corrected chi connectivity index (χ3v) is 2.13. The third kappa shape index (κ3) is 4.17. The highest BCUT2D eigenvalue weighted by Gasteiger charge is 2.06. The molecule has 0 aromatic heterocycles. The van der Waals surface area contributed by atoms with E-state index in [0.717, 1.165) is 0 Å². The van der Waals surface area contributed by atoms with Gasteiger partial charge in [0, 0.05) is 16.5 Å². The summed E-state index contributed by atoms with van der Waals surface area (Å²) in [5, 5.41) is 9.14. The fraction of sp³-hybridized carbons (Fsp3) is 0.167. The number of halogens is 1. The molecule has 17 heavy (non-hydrogen) atoms. The minimum Gasteiger partial charge on any atom is -0.481 e. The van der Waals surface area contributed by atoms with Crippen molar-refractivity contribution in [3.05, 3.63) is 34.3 Å². The molecule has 0 aliphatic heterocycles. The zero-order chi connectivity index (χ0) is 12.8. The first-order valence-electron chi connectivity index (χ1n) is 4.63. The van der Waals surface area contributed by atoms with E-state index in [2.05, 4.69) is 16.6 Å². The summed E-state index contributed by atoms with van der Waals surface area (Å²) in [5.74, 6) is 3.11. The number of carboxylic acid groups (broad SMARTS) is 1. The lowest BCUT2D eigenvalue weighted by Crippen LogP contribution is -2.02. The molecule has 0 amide bonds. The van der Waals surface area contributed by atoms with E-state index in [0.29, 0.717) is 16.1 Å². The van der Waals surface area contributed by atoms with Gasteiger partial charge >= 0.3 is 11.9 Å². The Labute approximate surface area is 103 Å². The summed E-state index contributed by atoms with van der Waals surface area (Å²) < 4.78 is 4.36. The van der Waals surface area contributed by atoms with Crippen LogP contribution in [-0.4, -0.2) is 24.2 Å². The number of carbonyl (C=O) groups is 2. The van der Waals surface area contributed by atoms with Crippen LogP contribution in [0.1, 0.15) is 11.1 Å². The zero-order valence-electron chi connectivity index (χ0n) is 8.99. The minimum absolute atomic E-state index is 0.203. The van der Waals surface area contributed by atoms with E-state index in [1.54, 1.807) is 12.1 Å². The number of rotatable bonds is 2. The Hall–Kier alpha value is -1.99. The Balaban J connectivity index is 3.08. The van der Waals surface area contributed by atoms with Crippen molar-refractivity contribution in [3.63, 3.8) is 0 Å². The van der Waals surface area contributed by atoms with Crippen LogP contribution in [0.4, 0.5) is 0 Å². The smallest absolute Gasteiger partial charge is 0.384 e. The molecular formula is C12H9ClO4. The Morgan fingerprint density at radius 3 is 2.76 bits per heavy atom. The van der Waals surface area contributed by atoms with E-state index in [1.165, 1.54) is 13.2 Å². The molecule has 5 heteroatoms. The molecule has 0 saturated heterocycles. The summed E-state index contributed by atoms with van der Waals surface area (Å²) in [7, 11) is 1.22. The first-order chi connectivity index (χ1) is 8.02. The van der Waals surface area contributed by atoms with Gasteiger partial charge in [0.1, 0.15) is 0 Å². The fourth-order valence-electron chi connectivity index (χ4n) is 1.16. The summed E-state index contributed by atoms with van der Waals surface area (Å²) in [6, 6.07) is 4.65. The molecule has 0 fully saturated rings. The number of esters is 1. The fourth-order valence-corrected chi connectivity index (χ4v) is 1.36. The summed E-state index contributed by atoms with van der Waals surface area (Å²) >= 11 is 5.76. The van der Waals surface area contributed by atoms with Crippen molar-refractivity contribution >= 4 is 23.5 Å². The highest BCUT2D eigenvalue weighted by molar-refractivity contribution is 6.30. The second kappa shape index (κ2) is 5.92. The largest absolute Gasteiger partial charge is 0.481 e. The van der Waals surface area contributed by atoms with Crippen LogP contribution in [0.2, 0.25) is 5.02 Å². The molecule has 0 spiro atoms. The van der Waals surface area contributed by atoms with Gasteiger partial charge in [0.2, 0.25) is 0 Å². The molecule has 1 rings (SSSR count). The lowest BCUT2D eigenvalue weighted by Gasteiger charge is -2.01. The normalized spacial score (nSPS) is 9.06. The topological polar surface area (TPSA) is 63.6 Å². The van der Waals surface area contributed by atoms with Gasteiger partial charge < -0.3 is 9.84 Å². The number of hydrogen-bond acceptors (Lipinski definition) is 3. The number of methoxy groups -OCH3 is 1. The van der Waals surface area contributed by atoms with Crippen molar-refractivity contribution in [3.8, 4) is 11.8 Å². The second-order valence-corrected chi connectivity index (χ2v) is 3.55. The van der Waals surface area contributed by atoms with E-state index < -0.39 is 11.9 Å². The van der Waals surface area contributed by atoms with Crippen LogP contribution in [0, 0.1) is 11.8 Å². The summed E-state index contributed by atoms with van der Waals surface area (Å²) in [4.78, 5) is 21.5. The summed E-state index contributed by atoms with van der Waals surface area (Å²) in [6.45, 7) is 0. The number of carboxylic acids is 1. The number of aliphatic carboxylic acids is 1. The van der Waals surface area contributed by atoms with E-state index in [-0.39, 0.29) is 6.42 Å². The van der Waals surface area contributed by atoms with Gasteiger partial charge in [-0.3, -0.25) is 4.79 Å². The predicted octanol–water partition coefficient (Wildman–Crippen LogP) is 1.49. The molecule has 0 aliphatic rings. The van der Waals surface area contributed by atoms with Crippen LogP contribution >= 0.6 is 11.6 Å². The summed E-state index contributed by atoms with van der Waals surface area (Å²) in [5.41, 5.74) is 0.906. The lowest BCUT2D eigenvalue weighted by atomic mass is 10.1. The molecule has 0 unspecified atom stereocenters. The summed E-state index contributed by atoms with van der Waals surface area (Å²) in [6.07, 6.45) is -0.203. The van der Waals surface area contributed by atoms with Gasteiger partial charge in [-0.2, -0.15) is 0 Å². The molecule has 0 saturated carbocycles. The van der Waals surface area contributed by atoms with Crippen LogP contribution in [0.15, 0.2) is 18.2 Å². The molecule has 4 nitrogen and oxygen atoms in total. The second-order valence-electron chi connectivity index (χ2n) is 3.11. The van der Waals surface area contributed by atoms with Crippen molar-refractivity contribution in [2.75, 3.05) is 7.11 Å². The van der Waals surface area contributed by atoms with Gasteiger partial charge in [-0.05, 0) is 23.8 Å². The van der Waals surface area contributed by atoms with Crippen LogP contribution in [0.3, 0.4) is 0 Å². The molecule has 0 heterocycles. The number of benzene rings is 1. The van der Waals surface area contributed by atoms with Crippen LogP contribution < -0.4 is 0 Å². The molecule has 1 N–H and O–H groups in total. The monoisotopic (exact) mass is 252 g/mol. The Bertz CT molecular complexity index is 511. The predicted molar refractivity (Wildman–Crippen MR) is 61.7 cm³/mol. The molecule has 0 radical (unpaired) electrons. The standard InChI is InChI=1S/C12H9ClO4/c1-17-12(16)5-3-8-2-4-10(13)6-9(8)7-11(14)15/h2,4,6H,7H2,1H3,(H,14,15). The molecule has 1 aromatic rings. The Morgan fingerprint density at radius 1 is 1.47 bits per heavy atom. The molecular weight excluding hydrogens is 244 g/mol. The average molecular weight is 253 g/mol. The quantitative estimate of drug-likeness (QED) is 0.640. The maximum atomic E-state index is 10.8. The Kier molecular flexibility index (Phi) is 4.56. The van der Waals surface area contributed by atoms with E-state index in [4.69, 9.17) is 16.7 Å². The van der Waals surface area contributed by atoms with Gasteiger partial charge in [-0.15, -0.1) is 0 Å². The van der Waals surface area contributed by atoms with Gasteiger partial charge in [0.25, 0.3) is 0 Å². The van der Waals surface area contributed by atoms with E-state index in [9.17, 15) is 9.59 Å². The third-order valence-electron chi connectivity index (χ3n) is 1.89. The maximum absolute atomic E-state index is 10.8. The molecule has 0 atom stereocenters. The van der Waals surface area contributed by atoms with Crippen molar-refractivity contribution in [2.45, 2.75) is 6.42 Å². The highest BCUT2D eigenvalue weighted by atomic mass is 35.5. The SMILES string of the molecule is COC(=O)C#Cc1ccc(Cl)cc1CC(=O)O. The van der Waals surface area contributed by atoms with E-state index in [1.807, 2.05) is 0 Å². The van der Waals surface area contributed by atoms with Crippen molar-refractivity contribution in [2.24, 2.45) is 0 Å². The van der Waals surface area contributed by atoms with Crippen molar-refractivity contribution in [1.82, 2.24) is 0 Å². The minimum atomic E-state index is -0.992. The first-order valence-corrected chi connectivity index (χ1v) is 5.01. The maximum Gasteiger partial charge on any atom is 0.384 e. The molecule has 88 valence electrons. The van der Waals surface area contributed by atoms with Gasteiger partial charge in [-0.1, -0.05) is 17.5 Å². The molecule has 0 aliphatic carbocycles. The van der Waals surface area contributed by atoms with Crippen LogP contribution in [0.5, 0.6) is 0 Å². The highest BCUT2D eigenvalue weighted by Crippen LogP contribution is 2.16. The van der Waals surface area contributed by atoms with Gasteiger partial charge in [0.15, 0.2) is 0 Å². The number of hydrogen-bond donors (Lipinski definition) is 1. The van der Waals surface area contributed by atoms with E-state index >= 15 is 0 Å². The Morgan fingerprint density at radius 2 is 2.18 bits per heavy atom. The molecule has 0 bridgehead atoms. The lowest BCUT2D eigenvalue weighted by molar-refractivity contribution is -0.136. The number of ether oxygens (including phenoxy) is 1.